The van der Waals surface area contributed by atoms with E-state index in [4.69, 9.17) is 28.6 Å². The number of amides is 1. The summed E-state index contributed by atoms with van der Waals surface area (Å²) < 4.78 is 14.0. The molecule has 0 saturated heterocycles. The van der Waals surface area contributed by atoms with Crippen LogP contribution in [0.4, 0.5) is 5.69 Å². The Kier molecular flexibility index (Phi) is 5.65. The second-order valence-corrected chi connectivity index (χ2v) is 7.00. The zero-order valence-corrected chi connectivity index (χ0v) is 16.3. The maximum atomic E-state index is 12.4. The third-order valence-electron chi connectivity index (χ3n) is 3.31. The van der Waals surface area contributed by atoms with Crippen LogP contribution in [-0.4, -0.2) is 25.9 Å². The van der Waals surface area contributed by atoms with Gasteiger partial charge in [0, 0.05) is 5.56 Å². The Balaban J connectivity index is 1.72. The van der Waals surface area contributed by atoms with Crippen molar-refractivity contribution in [2.24, 2.45) is 0 Å². The lowest BCUT2D eigenvalue weighted by Gasteiger charge is -2.13. The molecule has 2 N–H and O–H groups in total. The summed E-state index contributed by atoms with van der Waals surface area (Å²) in [5.74, 6) is 0.268. The number of halogens is 1. The topological polar surface area (TPSA) is 76.1 Å². The Hall–Kier alpha value is -2.29. The maximum Gasteiger partial charge on any atom is 0.257 e. The van der Waals surface area contributed by atoms with Crippen molar-refractivity contribution < 1.29 is 9.53 Å². The summed E-state index contributed by atoms with van der Waals surface area (Å²) in [6.07, 6.45) is 0.0189. The monoisotopic (exact) mass is 406 g/mol. The molecule has 9 heteroatoms. The number of ether oxygens (including phenoxy) is 1. The summed E-state index contributed by atoms with van der Waals surface area (Å²) >= 11 is 12.5. The van der Waals surface area contributed by atoms with Crippen LogP contribution in [0.15, 0.2) is 36.4 Å². The van der Waals surface area contributed by atoms with Crippen LogP contribution >= 0.6 is 35.5 Å². The third-order valence-corrected chi connectivity index (χ3v) is 4.37. The first-order valence-electron chi connectivity index (χ1n) is 7.74. The van der Waals surface area contributed by atoms with Gasteiger partial charge in [0.25, 0.3) is 5.91 Å². The molecular formula is C17H15ClN4O2S2. The third kappa shape index (κ3) is 4.27. The predicted molar refractivity (Wildman–Crippen MR) is 108 cm³/mol. The van der Waals surface area contributed by atoms with Gasteiger partial charge in [-0.15, -0.1) is 0 Å². The van der Waals surface area contributed by atoms with Crippen molar-refractivity contribution >= 4 is 63.3 Å². The highest BCUT2D eigenvalue weighted by atomic mass is 35.5. The lowest BCUT2D eigenvalue weighted by atomic mass is 10.2. The number of nitrogens with one attached hydrogen (secondary N) is 2. The molecule has 1 aromatic heterocycles. The van der Waals surface area contributed by atoms with E-state index in [2.05, 4.69) is 19.4 Å². The SMILES string of the molecule is CC(C)Oc1cccc(C(=O)NC(=S)Nc2c(Cl)ccc3nsnc23)c1. The molecule has 26 heavy (non-hydrogen) atoms. The van der Waals surface area contributed by atoms with Crippen molar-refractivity contribution in [2.75, 3.05) is 5.32 Å². The van der Waals surface area contributed by atoms with E-state index in [1.54, 1.807) is 36.4 Å². The van der Waals surface area contributed by atoms with Crippen molar-refractivity contribution in [1.82, 2.24) is 14.1 Å². The summed E-state index contributed by atoms with van der Waals surface area (Å²) in [5, 5.41) is 6.12. The molecule has 0 aliphatic rings. The molecule has 3 rings (SSSR count). The average Bonchev–Trinajstić information content (AvgIpc) is 3.06. The first kappa shape index (κ1) is 18.5. The largest absolute Gasteiger partial charge is 0.491 e. The Morgan fingerprint density at radius 2 is 2.08 bits per heavy atom. The van der Waals surface area contributed by atoms with Gasteiger partial charge >= 0.3 is 0 Å². The molecule has 0 atom stereocenters. The summed E-state index contributed by atoms with van der Waals surface area (Å²) in [4.78, 5) is 12.4. The summed E-state index contributed by atoms with van der Waals surface area (Å²) in [5.41, 5.74) is 2.26. The van der Waals surface area contributed by atoms with E-state index >= 15 is 0 Å². The zero-order valence-electron chi connectivity index (χ0n) is 13.9. The Labute approximate surface area is 164 Å². The first-order chi connectivity index (χ1) is 12.4. The molecule has 0 bridgehead atoms. The highest BCUT2D eigenvalue weighted by molar-refractivity contribution is 7.80. The molecular weight excluding hydrogens is 392 g/mol. The number of thiocarbonyl (C=S) groups is 1. The molecule has 0 saturated carbocycles. The molecule has 134 valence electrons. The van der Waals surface area contributed by atoms with Crippen molar-refractivity contribution in [3.63, 3.8) is 0 Å². The molecule has 1 amide bonds. The molecule has 1 heterocycles. The van der Waals surface area contributed by atoms with Gasteiger partial charge in [-0.1, -0.05) is 17.7 Å². The summed E-state index contributed by atoms with van der Waals surface area (Å²) in [7, 11) is 0. The number of fused-ring (bicyclic) bond motifs is 1. The van der Waals surface area contributed by atoms with Crippen LogP contribution in [0.2, 0.25) is 5.02 Å². The number of hydrogen-bond donors (Lipinski definition) is 2. The molecule has 0 spiro atoms. The molecule has 2 aromatic carbocycles. The van der Waals surface area contributed by atoms with E-state index in [1.165, 1.54) is 0 Å². The van der Waals surface area contributed by atoms with Crippen LogP contribution in [0.25, 0.3) is 11.0 Å². The first-order valence-corrected chi connectivity index (χ1v) is 9.25. The molecule has 0 fully saturated rings. The highest BCUT2D eigenvalue weighted by Gasteiger charge is 2.14. The van der Waals surface area contributed by atoms with E-state index < -0.39 is 0 Å². The molecule has 6 nitrogen and oxygen atoms in total. The lowest BCUT2D eigenvalue weighted by molar-refractivity contribution is 0.0977. The van der Waals surface area contributed by atoms with Crippen LogP contribution in [0.5, 0.6) is 5.75 Å². The second kappa shape index (κ2) is 7.94. The van der Waals surface area contributed by atoms with E-state index in [0.717, 1.165) is 11.7 Å². The van der Waals surface area contributed by atoms with Crippen molar-refractivity contribution in [3.8, 4) is 5.75 Å². The van der Waals surface area contributed by atoms with Crippen molar-refractivity contribution in [3.05, 3.63) is 47.0 Å². The van der Waals surface area contributed by atoms with Crippen molar-refractivity contribution in [2.45, 2.75) is 20.0 Å². The number of nitrogens with zero attached hydrogens (tertiary/aromatic N) is 2. The number of rotatable bonds is 4. The fourth-order valence-electron chi connectivity index (χ4n) is 2.25. The normalized spacial score (nSPS) is 10.8. The standard InChI is InChI=1S/C17H15ClN4O2S2/c1-9(2)24-11-5-3-4-10(8-11)16(23)20-17(25)19-14-12(18)6-7-13-15(14)22-26-21-13/h3-9H,1-2H3,(H2,19,20,23,25). The predicted octanol–water partition coefficient (Wildman–Crippen LogP) is 4.26. The van der Waals surface area contributed by atoms with E-state index in [-0.39, 0.29) is 17.1 Å². The van der Waals surface area contributed by atoms with E-state index in [9.17, 15) is 4.79 Å². The molecule has 0 aliphatic heterocycles. The van der Waals surface area contributed by atoms with Gasteiger partial charge in [-0.25, -0.2) is 0 Å². The highest BCUT2D eigenvalue weighted by Crippen LogP contribution is 2.29. The van der Waals surface area contributed by atoms with Gasteiger partial charge in [0.1, 0.15) is 16.8 Å². The van der Waals surface area contributed by atoms with E-state index in [0.29, 0.717) is 33.1 Å². The number of anilines is 1. The number of carbonyl (C=O) groups excluding carboxylic acids is 1. The second-order valence-electron chi connectivity index (χ2n) is 5.66. The molecule has 0 unspecified atom stereocenters. The van der Waals surface area contributed by atoms with Gasteiger partial charge in [0.2, 0.25) is 0 Å². The van der Waals surface area contributed by atoms with Gasteiger partial charge in [0.05, 0.1) is 28.5 Å². The zero-order chi connectivity index (χ0) is 18.7. The van der Waals surface area contributed by atoms with Gasteiger partial charge in [-0.3, -0.25) is 10.1 Å². The van der Waals surface area contributed by atoms with Crippen LogP contribution in [0, 0.1) is 0 Å². The molecule has 0 aliphatic carbocycles. The van der Waals surface area contributed by atoms with Gasteiger partial charge < -0.3 is 10.1 Å². The summed E-state index contributed by atoms with van der Waals surface area (Å²) in [6.45, 7) is 3.84. The number of hydrogen-bond acceptors (Lipinski definition) is 6. The van der Waals surface area contributed by atoms with Gasteiger partial charge in [0.15, 0.2) is 5.11 Å². The number of benzene rings is 2. The number of carbonyl (C=O) groups is 1. The van der Waals surface area contributed by atoms with E-state index in [1.807, 2.05) is 13.8 Å². The maximum absolute atomic E-state index is 12.4. The quantitative estimate of drug-likeness (QED) is 0.630. The Bertz CT molecular complexity index is 974. The average molecular weight is 407 g/mol. The van der Waals surface area contributed by atoms with Crippen LogP contribution < -0.4 is 15.4 Å². The van der Waals surface area contributed by atoms with Crippen molar-refractivity contribution in [1.29, 1.82) is 0 Å². The summed E-state index contributed by atoms with van der Waals surface area (Å²) in [6, 6.07) is 10.4. The van der Waals surface area contributed by atoms with Crippen LogP contribution in [-0.2, 0) is 0 Å². The minimum atomic E-state index is -0.351. The minimum absolute atomic E-state index is 0.0189. The van der Waals surface area contributed by atoms with Crippen LogP contribution in [0.1, 0.15) is 24.2 Å². The fraction of sp³-hybridized carbons (Fsp3) is 0.176. The van der Waals surface area contributed by atoms with Gasteiger partial charge in [-0.05, 0) is 56.4 Å². The van der Waals surface area contributed by atoms with Crippen LogP contribution in [0.3, 0.4) is 0 Å². The van der Waals surface area contributed by atoms with Gasteiger partial charge in [-0.2, -0.15) is 8.75 Å². The Morgan fingerprint density at radius 3 is 2.85 bits per heavy atom. The smallest absolute Gasteiger partial charge is 0.257 e. The fourth-order valence-corrected chi connectivity index (χ4v) is 3.19. The molecule has 0 radical (unpaired) electrons. The lowest BCUT2D eigenvalue weighted by Crippen LogP contribution is -2.34. The molecule has 3 aromatic rings. The number of aromatic nitrogens is 2. The minimum Gasteiger partial charge on any atom is -0.491 e. The Morgan fingerprint density at radius 1 is 1.27 bits per heavy atom.